The third-order valence-corrected chi connectivity index (χ3v) is 4.98. The highest BCUT2D eigenvalue weighted by molar-refractivity contribution is 9.10. The molecular weight excluding hydrogens is 360 g/mol. The van der Waals surface area contributed by atoms with Crippen molar-refractivity contribution in [2.24, 2.45) is 5.73 Å². The second-order valence-electron chi connectivity index (χ2n) is 5.02. The molecule has 0 aliphatic carbocycles. The van der Waals surface area contributed by atoms with Crippen molar-refractivity contribution in [2.45, 2.75) is 11.4 Å². The molecular formula is C17H15BrN2OS. The zero-order valence-electron chi connectivity index (χ0n) is 11.8. The predicted octanol–water partition coefficient (Wildman–Crippen LogP) is 4.03. The number of rotatable bonds is 5. The molecule has 0 bridgehead atoms. The van der Waals surface area contributed by atoms with Gasteiger partial charge >= 0.3 is 0 Å². The van der Waals surface area contributed by atoms with Crippen LogP contribution < -0.4 is 5.73 Å². The molecule has 0 atom stereocenters. The topological polar surface area (TPSA) is 48.0 Å². The van der Waals surface area contributed by atoms with Crippen molar-refractivity contribution >= 4 is 44.5 Å². The summed E-state index contributed by atoms with van der Waals surface area (Å²) in [5.74, 6) is 0.00137. The molecule has 0 radical (unpaired) electrons. The molecule has 0 fully saturated rings. The largest absolute Gasteiger partial charge is 0.369 e. The molecule has 3 nitrogen and oxygen atoms in total. The summed E-state index contributed by atoms with van der Waals surface area (Å²) in [5.41, 5.74) is 7.65. The van der Waals surface area contributed by atoms with E-state index in [0.29, 0.717) is 5.75 Å². The van der Waals surface area contributed by atoms with Crippen molar-refractivity contribution in [2.75, 3.05) is 5.75 Å². The Morgan fingerprint density at radius 1 is 1.14 bits per heavy atom. The van der Waals surface area contributed by atoms with Crippen molar-refractivity contribution in [1.29, 1.82) is 0 Å². The first-order valence-corrected chi connectivity index (χ1v) is 8.65. The first-order chi connectivity index (χ1) is 10.6. The number of hydrogen-bond donors (Lipinski definition) is 1. The van der Waals surface area contributed by atoms with Crippen LogP contribution in [0.15, 0.2) is 64.1 Å². The molecule has 22 heavy (non-hydrogen) atoms. The smallest absolute Gasteiger partial charge is 0.227 e. The Morgan fingerprint density at radius 2 is 1.86 bits per heavy atom. The maximum atomic E-state index is 11.0. The lowest BCUT2D eigenvalue weighted by molar-refractivity contribution is -0.115. The Kier molecular flexibility index (Phi) is 4.55. The molecule has 3 aromatic rings. The molecule has 0 saturated carbocycles. The Hall–Kier alpha value is -1.72. The number of halogens is 1. The summed E-state index contributed by atoms with van der Waals surface area (Å²) in [7, 11) is 0. The molecule has 0 unspecified atom stereocenters. The van der Waals surface area contributed by atoms with E-state index in [2.05, 4.69) is 51.0 Å². The maximum Gasteiger partial charge on any atom is 0.227 e. The van der Waals surface area contributed by atoms with Gasteiger partial charge in [0.25, 0.3) is 0 Å². The van der Waals surface area contributed by atoms with Crippen LogP contribution in [0.4, 0.5) is 0 Å². The predicted molar refractivity (Wildman–Crippen MR) is 95.1 cm³/mol. The molecule has 0 aliphatic heterocycles. The molecule has 2 N–H and O–H groups in total. The summed E-state index contributed by atoms with van der Waals surface area (Å²) in [5, 5.41) is 1.16. The Morgan fingerprint density at radius 3 is 2.59 bits per heavy atom. The average molecular weight is 375 g/mol. The van der Waals surface area contributed by atoms with Gasteiger partial charge in [-0.15, -0.1) is 11.8 Å². The van der Waals surface area contributed by atoms with Gasteiger partial charge in [-0.3, -0.25) is 4.79 Å². The first-order valence-electron chi connectivity index (χ1n) is 6.87. The number of thioether (sulfide) groups is 1. The number of primary amides is 1. The van der Waals surface area contributed by atoms with Crippen LogP contribution >= 0.6 is 27.7 Å². The molecule has 3 rings (SSSR count). The van der Waals surface area contributed by atoms with Crippen LogP contribution in [-0.4, -0.2) is 16.2 Å². The van der Waals surface area contributed by atoms with E-state index in [1.807, 2.05) is 24.3 Å². The van der Waals surface area contributed by atoms with Crippen molar-refractivity contribution < 1.29 is 4.79 Å². The highest BCUT2D eigenvalue weighted by Crippen LogP contribution is 2.30. The number of aromatic nitrogens is 1. The number of carbonyl (C=O) groups is 1. The van der Waals surface area contributed by atoms with E-state index in [1.54, 1.807) is 0 Å². The van der Waals surface area contributed by atoms with Crippen LogP contribution in [0.3, 0.4) is 0 Å². The molecule has 5 heteroatoms. The zero-order chi connectivity index (χ0) is 15.5. The summed E-state index contributed by atoms with van der Waals surface area (Å²) in [4.78, 5) is 12.1. The summed E-state index contributed by atoms with van der Waals surface area (Å²) >= 11 is 4.94. The fourth-order valence-electron chi connectivity index (χ4n) is 2.39. The number of nitrogens with zero attached hydrogens (tertiary/aromatic N) is 1. The fraction of sp³-hybridized carbons (Fsp3) is 0.118. The minimum atomic E-state index is -0.297. The second kappa shape index (κ2) is 6.58. The van der Waals surface area contributed by atoms with Crippen LogP contribution in [-0.2, 0) is 11.3 Å². The zero-order valence-corrected chi connectivity index (χ0v) is 14.2. The van der Waals surface area contributed by atoms with Gasteiger partial charge in [-0.2, -0.15) is 0 Å². The van der Waals surface area contributed by atoms with Crippen LogP contribution in [0.2, 0.25) is 0 Å². The van der Waals surface area contributed by atoms with Gasteiger partial charge in [0.1, 0.15) is 0 Å². The number of carbonyl (C=O) groups excluding carboxylic acids is 1. The number of benzene rings is 2. The van der Waals surface area contributed by atoms with E-state index in [1.165, 1.54) is 17.3 Å². The highest BCUT2D eigenvalue weighted by atomic mass is 79.9. The monoisotopic (exact) mass is 374 g/mol. The quantitative estimate of drug-likeness (QED) is 0.685. The lowest BCUT2D eigenvalue weighted by Crippen LogP contribution is -2.12. The second-order valence-corrected chi connectivity index (χ2v) is 6.95. The van der Waals surface area contributed by atoms with Crippen LogP contribution in [0.25, 0.3) is 10.9 Å². The van der Waals surface area contributed by atoms with Gasteiger partial charge in [-0.25, -0.2) is 0 Å². The molecule has 112 valence electrons. The lowest BCUT2D eigenvalue weighted by Gasteiger charge is -2.05. The van der Waals surface area contributed by atoms with E-state index in [4.69, 9.17) is 5.73 Å². The van der Waals surface area contributed by atoms with E-state index in [0.717, 1.165) is 26.8 Å². The molecule has 2 aromatic carbocycles. The molecule has 1 aromatic heterocycles. The third kappa shape index (κ3) is 3.36. The molecule has 0 spiro atoms. The number of nitrogens with two attached hydrogens (primary N) is 1. The summed E-state index contributed by atoms with van der Waals surface area (Å²) in [6.45, 7) is 0.797. The van der Waals surface area contributed by atoms with Crippen LogP contribution in [0.5, 0.6) is 0 Å². The highest BCUT2D eigenvalue weighted by Gasteiger charge is 2.10. The van der Waals surface area contributed by atoms with Gasteiger partial charge in [-0.1, -0.05) is 46.3 Å². The number of hydrogen-bond acceptors (Lipinski definition) is 2. The summed E-state index contributed by atoms with van der Waals surface area (Å²) in [6, 6.07) is 16.5. The van der Waals surface area contributed by atoms with Gasteiger partial charge in [0.05, 0.1) is 5.75 Å². The van der Waals surface area contributed by atoms with Gasteiger partial charge in [0, 0.05) is 33.0 Å². The maximum absolute atomic E-state index is 11.0. The van der Waals surface area contributed by atoms with E-state index in [9.17, 15) is 4.79 Å². The van der Waals surface area contributed by atoms with Gasteiger partial charge in [-0.05, 0) is 23.8 Å². The number of fused-ring (bicyclic) bond motifs is 1. The fourth-order valence-corrected chi connectivity index (χ4v) is 3.49. The molecule has 1 heterocycles. The van der Waals surface area contributed by atoms with Gasteiger partial charge < -0.3 is 10.3 Å². The van der Waals surface area contributed by atoms with Gasteiger partial charge in [0.2, 0.25) is 5.91 Å². The first kappa shape index (κ1) is 15.2. The normalized spacial score (nSPS) is 11.0. The molecule has 0 aliphatic rings. The van der Waals surface area contributed by atoms with E-state index < -0.39 is 0 Å². The lowest BCUT2D eigenvalue weighted by atomic mass is 10.2. The standard InChI is InChI=1S/C17H15BrN2OS/c18-13-7-5-12(6-8-13)9-20-10-16(22-11-17(19)21)14-3-1-2-4-15(14)20/h1-8,10H,9,11H2,(H2,19,21). The average Bonchev–Trinajstić information content (AvgIpc) is 2.86. The molecule has 1 amide bonds. The number of amides is 1. The van der Waals surface area contributed by atoms with Crippen molar-refractivity contribution in [1.82, 2.24) is 4.57 Å². The van der Waals surface area contributed by atoms with E-state index in [-0.39, 0.29) is 5.91 Å². The van der Waals surface area contributed by atoms with Crippen LogP contribution in [0, 0.1) is 0 Å². The minimum Gasteiger partial charge on any atom is -0.369 e. The Bertz CT molecular complexity index is 811. The summed E-state index contributed by atoms with van der Waals surface area (Å²) < 4.78 is 3.29. The van der Waals surface area contributed by atoms with Crippen molar-refractivity contribution in [3.8, 4) is 0 Å². The number of para-hydroxylation sites is 1. The summed E-state index contributed by atoms with van der Waals surface area (Å²) in [6.07, 6.45) is 2.10. The van der Waals surface area contributed by atoms with Crippen molar-refractivity contribution in [3.63, 3.8) is 0 Å². The minimum absolute atomic E-state index is 0.297. The van der Waals surface area contributed by atoms with Crippen molar-refractivity contribution in [3.05, 3.63) is 64.8 Å². The van der Waals surface area contributed by atoms with E-state index >= 15 is 0 Å². The van der Waals surface area contributed by atoms with Crippen LogP contribution in [0.1, 0.15) is 5.56 Å². The van der Waals surface area contributed by atoms with Gasteiger partial charge in [0.15, 0.2) is 0 Å². The SMILES string of the molecule is NC(=O)CSc1cn(Cc2ccc(Br)cc2)c2ccccc12. The Balaban J connectivity index is 1.95. The third-order valence-electron chi connectivity index (χ3n) is 3.39. The Labute approximate surface area is 141 Å². The molecule has 0 saturated heterocycles.